The van der Waals surface area contributed by atoms with Gasteiger partial charge in [0.15, 0.2) is 0 Å². The molecule has 2 saturated carbocycles. The van der Waals surface area contributed by atoms with Gasteiger partial charge >= 0.3 is 0 Å². The van der Waals surface area contributed by atoms with Crippen LogP contribution in [0.25, 0.3) is 0 Å². The molecule has 1 heterocycles. The SMILES string of the molecule is Cc1[nH]nc(CNC2CC2)c1S(=O)(=O)NCC1(C)CCC1. The minimum Gasteiger partial charge on any atom is -0.308 e. The van der Waals surface area contributed by atoms with Crippen molar-refractivity contribution in [3.8, 4) is 0 Å². The molecule has 1 aromatic rings. The van der Waals surface area contributed by atoms with Crippen LogP contribution in [-0.4, -0.2) is 31.2 Å². The Hall–Kier alpha value is -0.920. The van der Waals surface area contributed by atoms with Gasteiger partial charge in [0.1, 0.15) is 4.90 Å². The summed E-state index contributed by atoms with van der Waals surface area (Å²) in [5.74, 6) is 0. The largest absolute Gasteiger partial charge is 0.308 e. The van der Waals surface area contributed by atoms with Crippen molar-refractivity contribution in [2.75, 3.05) is 6.54 Å². The van der Waals surface area contributed by atoms with Crippen molar-refractivity contribution in [2.45, 2.75) is 63.4 Å². The Morgan fingerprint density at radius 1 is 1.38 bits per heavy atom. The predicted octanol–water partition coefficient (Wildman–Crippen LogP) is 1.44. The van der Waals surface area contributed by atoms with Crippen LogP contribution in [0.15, 0.2) is 4.90 Å². The van der Waals surface area contributed by atoms with Crippen molar-refractivity contribution < 1.29 is 8.42 Å². The number of aromatic amines is 1. The number of nitrogens with one attached hydrogen (secondary N) is 3. The molecule has 0 amide bonds. The first-order valence-corrected chi connectivity index (χ1v) is 9.15. The van der Waals surface area contributed by atoms with Crippen molar-refractivity contribution in [3.05, 3.63) is 11.4 Å². The molecule has 0 atom stereocenters. The third-order valence-electron chi connectivity index (χ3n) is 4.62. The molecule has 7 heteroatoms. The molecule has 3 N–H and O–H groups in total. The van der Waals surface area contributed by atoms with Crippen molar-refractivity contribution >= 4 is 10.0 Å². The standard InChI is InChI=1S/C14H24N4O2S/c1-10-13(12(18-17-10)8-15-11-4-5-11)21(19,20)16-9-14(2)6-3-7-14/h11,15-16H,3-9H2,1-2H3,(H,17,18). The first-order valence-electron chi connectivity index (χ1n) is 7.67. The average molecular weight is 312 g/mol. The maximum atomic E-state index is 12.6. The molecule has 6 nitrogen and oxygen atoms in total. The Morgan fingerprint density at radius 3 is 2.67 bits per heavy atom. The molecule has 2 aliphatic carbocycles. The molecule has 0 radical (unpaired) electrons. The predicted molar refractivity (Wildman–Crippen MR) is 80.3 cm³/mol. The summed E-state index contributed by atoms with van der Waals surface area (Å²) in [5.41, 5.74) is 1.32. The van der Waals surface area contributed by atoms with E-state index in [4.69, 9.17) is 0 Å². The van der Waals surface area contributed by atoms with Crippen molar-refractivity contribution in [3.63, 3.8) is 0 Å². The second kappa shape index (κ2) is 5.37. The van der Waals surface area contributed by atoms with Crippen molar-refractivity contribution in [2.24, 2.45) is 5.41 Å². The number of H-pyrrole nitrogens is 1. The third-order valence-corrected chi connectivity index (χ3v) is 6.22. The van der Waals surface area contributed by atoms with E-state index in [0.29, 0.717) is 35.4 Å². The van der Waals surface area contributed by atoms with Crippen LogP contribution in [-0.2, 0) is 16.6 Å². The highest BCUT2D eigenvalue weighted by molar-refractivity contribution is 7.89. The maximum absolute atomic E-state index is 12.6. The highest BCUT2D eigenvalue weighted by Gasteiger charge is 2.34. The Bertz CT molecular complexity index is 615. The molecule has 2 aliphatic rings. The number of sulfonamides is 1. The number of nitrogens with zero attached hydrogens (tertiary/aromatic N) is 1. The second-order valence-corrected chi connectivity index (χ2v) is 8.47. The minimum absolute atomic E-state index is 0.122. The quantitative estimate of drug-likeness (QED) is 0.711. The van der Waals surface area contributed by atoms with Crippen LogP contribution in [0.4, 0.5) is 0 Å². The third kappa shape index (κ3) is 3.30. The van der Waals surface area contributed by atoms with Crippen LogP contribution in [0.5, 0.6) is 0 Å². The summed E-state index contributed by atoms with van der Waals surface area (Å²) in [6.07, 6.45) is 5.72. The number of aromatic nitrogens is 2. The lowest BCUT2D eigenvalue weighted by atomic mass is 9.71. The summed E-state index contributed by atoms with van der Waals surface area (Å²) >= 11 is 0. The van der Waals surface area contributed by atoms with Crippen LogP contribution in [0.1, 0.15) is 50.4 Å². The lowest BCUT2D eigenvalue weighted by molar-refractivity contribution is 0.166. The monoisotopic (exact) mass is 312 g/mol. The van der Waals surface area contributed by atoms with Crippen LogP contribution < -0.4 is 10.0 Å². The van der Waals surface area contributed by atoms with E-state index in [2.05, 4.69) is 27.2 Å². The van der Waals surface area contributed by atoms with Gasteiger partial charge in [0.2, 0.25) is 10.0 Å². The van der Waals surface area contributed by atoms with E-state index in [1.165, 1.54) is 19.3 Å². The number of rotatable bonds is 7. The molecular weight excluding hydrogens is 288 g/mol. The van der Waals surface area contributed by atoms with Gasteiger partial charge in [0.25, 0.3) is 0 Å². The Morgan fingerprint density at radius 2 is 2.10 bits per heavy atom. The van der Waals surface area contributed by atoms with E-state index in [1.54, 1.807) is 6.92 Å². The molecule has 0 bridgehead atoms. The fraction of sp³-hybridized carbons (Fsp3) is 0.786. The molecule has 0 aliphatic heterocycles. The minimum atomic E-state index is -3.50. The van der Waals surface area contributed by atoms with E-state index in [9.17, 15) is 8.42 Å². The van der Waals surface area contributed by atoms with Gasteiger partial charge in [-0.15, -0.1) is 0 Å². The summed E-state index contributed by atoms with van der Waals surface area (Å²) in [6.45, 7) is 4.90. The van der Waals surface area contributed by atoms with Gasteiger partial charge in [-0.25, -0.2) is 13.1 Å². The lowest BCUT2D eigenvalue weighted by Crippen LogP contribution is -2.40. The highest BCUT2D eigenvalue weighted by atomic mass is 32.2. The smallest absolute Gasteiger partial charge is 0.244 e. The molecular formula is C14H24N4O2S. The molecule has 0 spiro atoms. The highest BCUT2D eigenvalue weighted by Crippen LogP contribution is 2.39. The Balaban J connectivity index is 1.72. The van der Waals surface area contributed by atoms with Gasteiger partial charge in [-0.1, -0.05) is 13.3 Å². The molecule has 0 unspecified atom stereocenters. The van der Waals surface area contributed by atoms with Crippen LogP contribution in [0.2, 0.25) is 0 Å². The molecule has 3 rings (SSSR count). The van der Waals surface area contributed by atoms with Gasteiger partial charge in [-0.3, -0.25) is 5.10 Å². The fourth-order valence-corrected chi connectivity index (χ4v) is 4.33. The number of hydrogen-bond acceptors (Lipinski definition) is 4. The van der Waals surface area contributed by atoms with Crippen LogP contribution in [0.3, 0.4) is 0 Å². The van der Waals surface area contributed by atoms with Crippen LogP contribution >= 0.6 is 0 Å². The van der Waals surface area contributed by atoms with Crippen molar-refractivity contribution in [1.29, 1.82) is 0 Å². The maximum Gasteiger partial charge on any atom is 0.244 e. The number of aryl methyl sites for hydroxylation is 1. The van der Waals surface area contributed by atoms with E-state index >= 15 is 0 Å². The first kappa shape index (κ1) is 15.0. The fourth-order valence-electron chi connectivity index (χ4n) is 2.77. The summed E-state index contributed by atoms with van der Waals surface area (Å²) in [5, 5.41) is 10.3. The summed E-state index contributed by atoms with van der Waals surface area (Å²) < 4.78 is 27.9. The normalized spacial score (nSPS) is 21.2. The molecule has 0 aromatic carbocycles. The zero-order valence-electron chi connectivity index (χ0n) is 12.7. The van der Waals surface area contributed by atoms with Gasteiger partial charge < -0.3 is 5.32 Å². The topological polar surface area (TPSA) is 86.9 Å². The van der Waals surface area contributed by atoms with Gasteiger partial charge in [-0.2, -0.15) is 5.10 Å². The summed E-state index contributed by atoms with van der Waals surface area (Å²) in [7, 11) is -3.50. The van der Waals surface area contributed by atoms with Gasteiger partial charge in [0.05, 0.1) is 11.4 Å². The molecule has 1 aromatic heterocycles. The Labute approximate surface area is 126 Å². The second-order valence-electron chi connectivity index (χ2n) is 6.77. The molecule has 0 saturated heterocycles. The van der Waals surface area contributed by atoms with Gasteiger partial charge in [0, 0.05) is 19.1 Å². The molecule has 21 heavy (non-hydrogen) atoms. The zero-order chi connectivity index (χ0) is 15.1. The summed E-state index contributed by atoms with van der Waals surface area (Å²) in [6, 6.07) is 0.527. The zero-order valence-corrected chi connectivity index (χ0v) is 13.5. The van der Waals surface area contributed by atoms with E-state index in [0.717, 1.165) is 12.8 Å². The van der Waals surface area contributed by atoms with E-state index in [-0.39, 0.29) is 5.41 Å². The number of hydrogen-bond donors (Lipinski definition) is 3. The first-order chi connectivity index (χ1) is 9.90. The van der Waals surface area contributed by atoms with E-state index in [1.807, 2.05) is 0 Å². The molecule has 2 fully saturated rings. The van der Waals surface area contributed by atoms with Gasteiger partial charge in [-0.05, 0) is 38.0 Å². The lowest BCUT2D eigenvalue weighted by Gasteiger charge is -2.38. The van der Waals surface area contributed by atoms with E-state index < -0.39 is 10.0 Å². The Kier molecular flexibility index (Phi) is 3.83. The summed E-state index contributed by atoms with van der Waals surface area (Å²) in [4.78, 5) is 0.318. The van der Waals surface area contributed by atoms with Crippen molar-refractivity contribution in [1.82, 2.24) is 20.2 Å². The van der Waals surface area contributed by atoms with Crippen LogP contribution in [0, 0.1) is 12.3 Å². The molecule has 118 valence electrons. The average Bonchev–Trinajstić information content (AvgIpc) is 3.14.